The van der Waals surface area contributed by atoms with Gasteiger partial charge < -0.3 is 28.4 Å². The maximum absolute atomic E-state index is 6.33. The molecule has 0 saturated carbocycles. The molecule has 0 saturated heterocycles. The second-order valence-electron chi connectivity index (χ2n) is 12.3. The number of para-hydroxylation sites is 2. The van der Waals surface area contributed by atoms with Gasteiger partial charge in [-0.25, -0.2) is 15.0 Å². The van der Waals surface area contributed by atoms with E-state index in [1.165, 1.54) is 0 Å². The average molecular weight is 910 g/mol. The van der Waals surface area contributed by atoms with Crippen LogP contribution in [0.5, 0.6) is 23.0 Å². The second-order valence-corrected chi connectivity index (χ2v) is 12.3. The van der Waals surface area contributed by atoms with Crippen molar-refractivity contribution in [2.75, 3.05) is 0 Å². The summed E-state index contributed by atoms with van der Waals surface area (Å²) >= 11 is 0. The summed E-state index contributed by atoms with van der Waals surface area (Å²) < 4.78 is 20.5. The molecule has 0 fully saturated rings. The number of hydrogen-bond acceptors (Lipinski definition) is 8. The minimum Gasteiger partial charge on any atom is -0.503 e. The molecular weight excluding hydrogens is 885 g/mol. The molecule has 0 spiro atoms. The molecule has 9 nitrogen and oxygen atoms in total. The molecule has 272 valence electrons. The third-order valence-corrected chi connectivity index (χ3v) is 8.77. The van der Waals surface area contributed by atoms with Crippen molar-refractivity contribution >= 4 is 32.9 Å². The molecule has 56 heavy (non-hydrogen) atoms. The Kier molecular flexibility index (Phi) is 10.3. The molecule has 0 aliphatic rings. The topological polar surface area (TPSA) is 101 Å². The van der Waals surface area contributed by atoms with E-state index in [0.29, 0.717) is 57.0 Å². The molecule has 10 aromatic rings. The van der Waals surface area contributed by atoms with E-state index in [2.05, 4.69) is 39.2 Å². The van der Waals surface area contributed by atoms with Crippen LogP contribution in [0.4, 0.5) is 0 Å². The monoisotopic (exact) mass is 908 g/mol. The third kappa shape index (κ3) is 7.13. The molecule has 0 atom stereocenters. The standard InChI is InChI=1S/C45H24N6O3.2Pd/c1-2-16-43-40(15-1)50-44(54-43)31-27-48-45(49-28-31)51-41-25-34(52-32-11-7-9-29(23-32)38-13-3-5-21-46-38)17-19-36(41)37-20-18-35(26-42(37)51)53-33-12-8-10-30(24-33)39-14-4-6-22-47-39;;/h1-22,27-28H;;/q-4;2*+2. The molecule has 5 heterocycles. The molecule has 0 N–H and O–H groups in total. The average Bonchev–Trinajstić information content (AvgIpc) is 3.81. The number of oxazole rings is 1. The molecule has 0 bridgehead atoms. The van der Waals surface area contributed by atoms with Gasteiger partial charge in [0.25, 0.3) is 0 Å². The first-order valence-corrected chi connectivity index (χ1v) is 17.1. The number of rotatable bonds is 8. The number of benzene rings is 5. The number of pyridine rings is 2. The van der Waals surface area contributed by atoms with Gasteiger partial charge in [0.2, 0.25) is 11.8 Å². The van der Waals surface area contributed by atoms with E-state index >= 15 is 0 Å². The Morgan fingerprint density at radius 1 is 0.500 bits per heavy atom. The summed E-state index contributed by atoms with van der Waals surface area (Å²) in [5, 5.41) is 1.81. The van der Waals surface area contributed by atoms with Gasteiger partial charge in [0.1, 0.15) is 5.52 Å². The summed E-state index contributed by atoms with van der Waals surface area (Å²) in [6, 6.07) is 51.9. The van der Waals surface area contributed by atoms with Crippen molar-refractivity contribution in [3.8, 4) is 62.9 Å². The fourth-order valence-corrected chi connectivity index (χ4v) is 6.28. The minimum atomic E-state index is 0. The molecule has 5 aromatic carbocycles. The van der Waals surface area contributed by atoms with Gasteiger partial charge in [-0.05, 0) is 35.7 Å². The van der Waals surface area contributed by atoms with Crippen LogP contribution in [0, 0.1) is 24.3 Å². The summed E-state index contributed by atoms with van der Waals surface area (Å²) in [5.41, 5.74) is 6.71. The van der Waals surface area contributed by atoms with Crippen molar-refractivity contribution in [1.82, 2.24) is 29.5 Å². The number of ether oxygens (including phenoxy) is 2. The summed E-state index contributed by atoms with van der Waals surface area (Å²) in [7, 11) is 0. The Morgan fingerprint density at radius 3 is 1.57 bits per heavy atom. The van der Waals surface area contributed by atoms with E-state index < -0.39 is 0 Å². The number of fused-ring (bicyclic) bond motifs is 4. The minimum absolute atomic E-state index is 0. The summed E-state index contributed by atoms with van der Waals surface area (Å²) in [5.74, 6) is 2.86. The zero-order chi connectivity index (χ0) is 35.8. The number of hydrogen-bond donors (Lipinski definition) is 0. The molecule has 0 amide bonds. The first-order valence-electron chi connectivity index (χ1n) is 17.1. The zero-order valence-electron chi connectivity index (χ0n) is 28.9. The summed E-state index contributed by atoms with van der Waals surface area (Å²) in [6.45, 7) is 0. The summed E-state index contributed by atoms with van der Waals surface area (Å²) in [4.78, 5) is 23.1. The van der Waals surface area contributed by atoms with Crippen molar-refractivity contribution < 1.29 is 54.7 Å². The van der Waals surface area contributed by atoms with E-state index in [9.17, 15) is 0 Å². The van der Waals surface area contributed by atoms with E-state index in [4.69, 9.17) is 23.9 Å². The molecular formula is C45H24N6O3Pd2. The number of nitrogens with zero attached hydrogens (tertiary/aromatic N) is 6. The van der Waals surface area contributed by atoms with Crippen LogP contribution in [0.2, 0.25) is 0 Å². The first-order chi connectivity index (χ1) is 26.7. The van der Waals surface area contributed by atoms with Crippen LogP contribution < -0.4 is 9.47 Å². The molecule has 0 aliphatic carbocycles. The van der Waals surface area contributed by atoms with Gasteiger partial charge in [-0.2, -0.15) is 22.9 Å². The van der Waals surface area contributed by atoms with Crippen LogP contribution in [-0.2, 0) is 40.8 Å². The Balaban J connectivity index is 0.00000220. The Bertz CT molecular complexity index is 2780. The quantitative estimate of drug-likeness (QED) is 0.110. The van der Waals surface area contributed by atoms with E-state index in [1.54, 1.807) is 24.8 Å². The van der Waals surface area contributed by atoms with E-state index in [1.807, 2.05) is 126 Å². The smallest absolute Gasteiger partial charge is 0.503 e. The molecule has 5 aromatic heterocycles. The maximum Gasteiger partial charge on any atom is 2.00 e. The fraction of sp³-hybridized carbons (Fsp3) is 0. The Hall–Kier alpha value is -6.33. The van der Waals surface area contributed by atoms with Crippen LogP contribution in [-0.4, -0.2) is 29.5 Å². The first kappa shape index (κ1) is 36.6. The Labute approximate surface area is 348 Å². The van der Waals surface area contributed by atoms with E-state index in [-0.39, 0.29) is 40.8 Å². The normalized spacial score (nSPS) is 10.9. The van der Waals surface area contributed by atoms with Crippen LogP contribution in [0.1, 0.15) is 0 Å². The van der Waals surface area contributed by atoms with Gasteiger partial charge >= 0.3 is 40.8 Å². The maximum atomic E-state index is 6.33. The van der Waals surface area contributed by atoms with Crippen molar-refractivity contribution in [2.45, 2.75) is 0 Å². The Morgan fingerprint density at radius 2 is 1.04 bits per heavy atom. The van der Waals surface area contributed by atoms with E-state index in [0.717, 1.165) is 38.8 Å². The SMILES string of the molecule is [Pd+2].[Pd+2].[c-]1c(Oc2[c-]c3c(cc2)c2ccc(Oc4[c-]c(-c5ccccn5)ccc4)[c-]c2n3-c2ncc(-c3nc4ccccc4o3)cn2)cccc1-c1ccccn1. The van der Waals surface area contributed by atoms with Crippen molar-refractivity contribution in [1.29, 1.82) is 0 Å². The van der Waals surface area contributed by atoms with Gasteiger partial charge in [-0.15, -0.1) is 71.8 Å². The van der Waals surface area contributed by atoms with Crippen LogP contribution in [0.3, 0.4) is 0 Å². The van der Waals surface area contributed by atoms with Gasteiger partial charge in [0, 0.05) is 47.8 Å². The third-order valence-electron chi connectivity index (χ3n) is 8.77. The fourth-order valence-electron chi connectivity index (χ4n) is 6.28. The number of aromatic nitrogens is 6. The predicted octanol–water partition coefficient (Wildman–Crippen LogP) is 10.3. The van der Waals surface area contributed by atoms with Gasteiger partial charge in [-0.3, -0.25) is 0 Å². The zero-order valence-corrected chi connectivity index (χ0v) is 32.0. The largest absolute Gasteiger partial charge is 2.00 e. The molecule has 0 radical (unpaired) electrons. The van der Waals surface area contributed by atoms with Crippen LogP contribution in [0.25, 0.3) is 72.8 Å². The van der Waals surface area contributed by atoms with Gasteiger partial charge in [0.15, 0.2) is 5.58 Å². The summed E-state index contributed by atoms with van der Waals surface area (Å²) in [6.07, 6.45) is 6.90. The van der Waals surface area contributed by atoms with Crippen molar-refractivity contribution in [3.63, 3.8) is 0 Å². The molecule has 10 rings (SSSR count). The van der Waals surface area contributed by atoms with Gasteiger partial charge in [0.05, 0.1) is 5.56 Å². The predicted molar refractivity (Wildman–Crippen MR) is 204 cm³/mol. The van der Waals surface area contributed by atoms with Crippen LogP contribution >= 0.6 is 0 Å². The molecule has 0 aliphatic heterocycles. The molecule has 0 unspecified atom stereocenters. The van der Waals surface area contributed by atoms with Crippen molar-refractivity contribution in [2.24, 2.45) is 0 Å². The molecule has 11 heteroatoms. The second kappa shape index (κ2) is 15.8. The van der Waals surface area contributed by atoms with Crippen molar-refractivity contribution in [3.05, 3.63) is 170 Å². The van der Waals surface area contributed by atoms with Crippen LogP contribution in [0.15, 0.2) is 151 Å². The van der Waals surface area contributed by atoms with Gasteiger partial charge in [-0.1, -0.05) is 59.6 Å².